The fourth-order valence-corrected chi connectivity index (χ4v) is 3.08. The maximum Gasteiger partial charge on any atom is 0.249 e. The van der Waals surface area contributed by atoms with E-state index in [1.54, 1.807) is 17.8 Å². The summed E-state index contributed by atoms with van der Waals surface area (Å²) in [5.41, 5.74) is -0.789. The molecular weight excluding hydrogens is 318 g/mol. The van der Waals surface area contributed by atoms with Crippen LogP contribution in [0.2, 0.25) is 5.02 Å². The second kappa shape index (κ2) is 5.96. The molecule has 0 aromatic carbocycles. The number of halogens is 1. The van der Waals surface area contributed by atoms with Gasteiger partial charge in [0, 0.05) is 32.1 Å². The summed E-state index contributed by atoms with van der Waals surface area (Å²) in [6, 6.07) is 0. The first-order valence-electron chi connectivity index (χ1n) is 7.68. The van der Waals surface area contributed by atoms with Crippen molar-refractivity contribution in [1.82, 2.24) is 24.8 Å². The van der Waals surface area contributed by atoms with Crippen molar-refractivity contribution in [2.75, 3.05) is 13.1 Å². The van der Waals surface area contributed by atoms with E-state index in [1.165, 1.54) is 6.20 Å². The van der Waals surface area contributed by atoms with E-state index in [-0.39, 0.29) is 11.8 Å². The molecule has 2 aromatic rings. The molecule has 1 saturated heterocycles. The predicted molar refractivity (Wildman–Crippen MR) is 84.1 cm³/mol. The van der Waals surface area contributed by atoms with E-state index in [4.69, 9.17) is 16.1 Å². The van der Waals surface area contributed by atoms with E-state index in [9.17, 15) is 4.79 Å². The van der Waals surface area contributed by atoms with Crippen LogP contribution in [0, 0.1) is 6.92 Å². The molecule has 1 atom stereocenters. The molecule has 0 radical (unpaired) electrons. The monoisotopic (exact) mass is 337 g/mol. The standard InChI is InChI=1S/C15H20ClN5O2/c1-10-18-13(19-23-10)11-5-4-6-20(8-11)14(22)15(2,3)21-9-12(16)7-17-21/h7,9,11H,4-6,8H2,1-3H3/t11-/m0/s1. The molecule has 0 N–H and O–H groups in total. The van der Waals surface area contributed by atoms with Crippen LogP contribution in [-0.2, 0) is 10.3 Å². The van der Waals surface area contributed by atoms with Gasteiger partial charge in [0.15, 0.2) is 5.82 Å². The number of aryl methyl sites for hydroxylation is 1. The summed E-state index contributed by atoms with van der Waals surface area (Å²) < 4.78 is 6.67. The molecule has 8 heteroatoms. The van der Waals surface area contributed by atoms with Gasteiger partial charge in [0.2, 0.25) is 11.8 Å². The van der Waals surface area contributed by atoms with Gasteiger partial charge in [-0.15, -0.1) is 0 Å². The van der Waals surface area contributed by atoms with Crippen molar-refractivity contribution >= 4 is 17.5 Å². The zero-order chi connectivity index (χ0) is 16.6. The lowest BCUT2D eigenvalue weighted by atomic mass is 9.94. The molecule has 0 unspecified atom stereocenters. The minimum Gasteiger partial charge on any atom is -0.340 e. The highest BCUT2D eigenvalue weighted by atomic mass is 35.5. The van der Waals surface area contributed by atoms with E-state index in [0.717, 1.165) is 19.4 Å². The van der Waals surface area contributed by atoms with Crippen LogP contribution >= 0.6 is 11.6 Å². The summed E-state index contributed by atoms with van der Waals surface area (Å²) >= 11 is 5.93. The van der Waals surface area contributed by atoms with Crippen molar-refractivity contribution in [3.8, 4) is 0 Å². The summed E-state index contributed by atoms with van der Waals surface area (Å²) in [6.45, 7) is 6.79. The highest BCUT2D eigenvalue weighted by Crippen LogP contribution is 2.28. The highest BCUT2D eigenvalue weighted by molar-refractivity contribution is 6.30. The van der Waals surface area contributed by atoms with Crippen molar-refractivity contribution in [1.29, 1.82) is 0 Å². The maximum absolute atomic E-state index is 13.0. The van der Waals surface area contributed by atoms with Gasteiger partial charge in [-0.25, -0.2) is 0 Å². The number of piperidine rings is 1. The van der Waals surface area contributed by atoms with Crippen molar-refractivity contribution in [2.24, 2.45) is 0 Å². The van der Waals surface area contributed by atoms with Crippen molar-refractivity contribution in [3.63, 3.8) is 0 Å². The Balaban J connectivity index is 1.76. The maximum atomic E-state index is 13.0. The normalized spacial score (nSPS) is 19.1. The fourth-order valence-electron chi connectivity index (χ4n) is 2.94. The second-order valence-electron chi connectivity index (χ2n) is 6.42. The number of amides is 1. The molecular formula is C15H20ClN5O2. The molecule has 0 aliphatic carbocycles. The zero-order valence-corrected chi connectivity index (χ0v) is 14.2. The molecule has 2 aromatic heterocycles. The number of hydrogen-bond donors (Lipinski definition) is 0. The Morgan fingerprint density at radius 3 is 2.87 bits per heavy atom. The van der Waals surface area contributed by atoms with Crippen LogP contribution in [0.4, 0.5) is 0 Å². The van der Waals surface area contributed by atoms with Crippen LogP contribution in [0.1, 0.15) is 44.3 Å². The second-order valence-corrected chi connectivity index (χ2v) is 6.86. The number of rotatable bonds is 3. The Morgan fingerprint density at radius 1 is 1.48 bits per heavy atom. The van der Waals surface area contributed by atoms with Crippen molar-refractivity contribution < 1.29 is 9.32 Å². The van der Waals surface area contributed by atoms with Crippen molar-refractivity contribution in [3.05, 3.63) is 29.1 Å². The average molecular weight is 338 g/mol. The topological polar surface area (TPSA) is 77.1 Å². The number of carbonyl (C=O) groups is 1. The first kappa shape index (κ1) is 16.0. The van der Waals surface area contributed by atoms with Gasteiger partial charge in [0.25, 0.3) is 0 Å². The fraction of sp³-hybridized carbons (Fsp3) is 0.600. The zero-order valence-electron chi connectivity index (χ0n) is 13.5. The molecule has 1 aliphatic rings. The number of nitrogens with zero attached hydrogens (tertiary/aromatic N) is 5. The third kappa shape index (κ3) is 3.10. The number of hydrogen-bond acceptors (Lipinski definition) is 5. The first-order valence-corrected chi connectivity index (χ1v) is 8.06. The van der Waals surface area contributed by atoms with Crippen LogP contribution in [0.15, 0.2) is 16.9 Å². The van der Waals surface area contributed by atoms with Gasteiger partial charge in [-0.3, -0.25) is 9.48 Å². The Labute approximate surface area is 139 Å². The van der Waals surface area contributed by atoms with Crippen LogP contribution in [0.3, 0.4) is 0 Å². The summed E-state index contributed by atoms with van der Waals surface area (Å²) in [7, 11) is 0. The molecule has 23 heavy (non-hydrogen) atoms. The van der Waals surface area contributed by atoms with Gasteiger partial charge in [0.05, 0.1) is 11.2 Å². The molecule has 0 spiro atoms. The summed E-state index contributed by atoms with van der Waals surface area (Å²) in [4.78, 5) is 19.1. The van der Waals surface area contributed by atoms with Gasteiger partial charge in [-0.1, -0.05) is 16.8 Å². The molecule has 7 nitrogen and oxygen atoms in total. The van der Waals surface area contributed by atoms with E-state index in [1.807, 2.05) is 18.7 Å². The molecule has 1 amide bonds. The molecule has 3 heterocycles. The molecule has 1 fully saturated rings. The Bertz CT molecular complexity index is 708. The SMILES string of the molecule is Cc1nc([C@H]2CCCN(C(=O)C(C)(C)n3cc(Cl)cn3)C2)no1. The number of aromatic nitrogens is 4. The van der Waals surface area contributed by atoms with E-state index in [2.05, 4.69) is 15.2 Å². The third-order valence-corrected chi connectivity index (χ3v) is 4.46. The Kier molecular flexibility index (Phi) is 4.14. The summed E-state index contributed by atoms with van der Waals surface area (Å²) in [5, 5.41) is 8.70. The van der Waals surface area contributed by atoms with E-state index >= 15 is 0 Å². The molecule has 124 valence electrons. The van der Waals surface area contributed by atoms with Gasteiger partial charge in [-0.05, 0) is 26.7 Å². The van der Waals surface area contributed by atoms with Gasteiger partial charge >= 0.3 is 0 Å². The lowest BCUT2D eigenvalue weighted by Gasteiger charge is -2.36. The van der Waals surface area contributed by atoms with E-state index in [0.29, 0.717) is 23.3 Å². The van der Waals surface area contributed by atoms with Crippen LogP contribution in [0.5, 0.6) is 0 Å². The number of carbonyl (C=O) groups excluding carboxylic acids is 1. The molecule has 0 saturated carbocycles. The van der Waals surface area contributed by atoms with Gasteiger partial charge in [-0.2, -0.15) is 10.1 Å². The van der Waals surface area contributed by atoms with E-state index < -0.39 is 5.54 Å². The quantitative estimate of drug-likeness (QED) is 0.859. The smallest absolute Gasteiger partial charge is 0.249 e. The molecule has 1 aliphatic heterocycles. The third-order valence-electron chi connectivity index (χ3n) is 4.26. The minimum atomic E-state index is -0.789. The Hall–Kier alpha value is -1.89. The van der Waals surface area contributed by atoms with Gasteiger partial charge in [0.1, 0.15) is 5.54 Å². The molecule has 0 bridgehead atoms. The largest absolute Gasteiger partial charge is 0.340 e. The number of likely N-dealkylation sites (tertiary alicyclic amines) is 1. The molecule has 3 rings (SSSR count). The lowest BCUT2D eigenvalue weighted by Crippen LogP contribution is -2.50. The van der Waals surface area contributed by atoms with Crippen LogP contribution in [-0.4, -0.2) is 43.8 Å². The van der Waals surface area contributed by atoms with Crippen LogP contribution < -0.4 is 0 Å². The average Bonchev–Trinajstić information content (AvgIpc) is 3.15. The first-order chi connectivity index (χ1) is 10.9. The highest BCUT2D eigenvalue weighted by Gasteiger charge is 2.37. The Morgan fingerprint density at radius 2 is 2.26 bits per heavy atom. The predicted octanol–water partition coefficient (Wildman–Crippen LogP) is 2.37. The van der Waals surface area contributed by atoms with Gasteiger partial charge < -0.3 is 9.42 Å². The summed E-state index contributed by atoms with van der Waals surface area (Å²) in [6.07, 6.45) is 5.08. The lowest BCUT2D eigenvalue weighted by molar-refractivity contribution is -0.141. The van der Waals surface area contributed by atoms with Crippen LogP contribution in [0.25, 0.3) is 0 Å². The minimum absolute atomic E-state index is 0.0159. The summed E-state index contributed by atoms with van der Waals surface area (Å²) in [5.74, 6) is 1.36. The van der Waals surface area contributed by atoms with Crippen molar-refractivity contribution in [2.45, 2.75) is 45.1 Å².